The molecule has 2 heterocycles. The smallest absolute Gasteiger partial charge is 0.293 e. The molecule has 2 aromatic carbocycles. The Morgan fingerprint density at radius 1 is 1.28 bits per heavy atom. The molecular weight excluding hydrogens is 370 g/mol. The zero-order valence-corrected chi connectivity index (χ0v) is 16.7. The van der Waals surface area contributed by atoms with Crippen molar-refractivity contribution in [1.29, 1.82) is 0 Å². The molecule has 1 aliphatic rings. The highest BCUT2D eigenvalue weighted by Gasteiger charge is 2.29. The summed E-state index contributed by atoms with van der Waals surface area (Å²) in [5.41, 5.74) is 3.90. The van der Waals surface area contributed by atoms with Gasteiger partial charge in [-0.3, -0.25) is 14.8 Å². The number of hydrogen-bond acceptors (Lipinski definition) is 6. The summed E-state index contributed by atoms with van der Waals surface area (Å²) in [6, 6.07) is 9.09. The van der Waals surface area contributed by atoms with Gasteiger partial charge in [0.05, 0.1) is 29.0 Å². The molecule has 8 heteroatoms. The number of unbranched alkanes of at least 4 members (excludes halogenated alkanes) is 1. The second kappa shape index (κ2) is 8.08. The molecule has 0 unspecified atom stereocenters. The normalized spacial score (nSPS) is 11.9. The van der Waals surface area contributed by atoms with Crippen molar-refractivity contribution < 1.29 is 9.66 Å². The van der Waals surface area contributed by atoms with Crippen LogP contribution in [0.15, 0.2) is 30.3 Å². The third-order valence-electron chi connectivity index (χ3n) is 5.12. The van der Waals surface area contributed by atoms with E-state index in [0.717, 1.165) is 59.5 Å². The zero-order valence-electron chi connectivity index (χ0n) is 16.7. The molecule has 3 aromatic rings. The van der Waals surface area contributed by atoms with Gasteiger partial charge in [-0.25, -0.2) is 0 Å². The summed E-state index contributed by atoms with van der Waals surface area (Å²) >= 11 is 0. The second-order valence-corrected chi connectivity index (χ2v) is 7.07. The van der Waals surface area contributed by atoms with Crippen LogP contribution in [0.1, 0.15) is 26.7 Å². The largest absolute Gasteiger partial charge is 0.494 e. The molecule has 8 nitrogen and oxygen atoms in total. The monoisotopic (exact) mass is 395 g/mol. The zero-order chi connectivity index (χ0) is 20.4. The molecule has 0 radical (unpaired) electrons. The SMILES string of the molecule is CCCCOc1ccc2c(c1)-c1nn(CCNCC)c3ccc([N+](=O)[O-])c(c13)N2. The molecular formula is C21H25N5O3. The number of benzene rings is 2. The second-order valence-electron chi connectivity index (χ2n) is 7.07. The molecule has 0 atom stereocenters. The van der Waals surface area contributed by atoms with Gasteiger partial charge in [0.2, 0.25) is 0 Å². The molecule has 0 saturated carbocycles. The Labute approximate surface area is 169 Å². The Bertz CT molecular complexity index is 1060. The Balaban J connectivity index is 1.83. The summed E-state index contributed by atoms with van der Waals surface area (Å²) in [5, 5.41) is 23.8. The molecule has 4 rings (SSSR count). The number of likely N-dealkylation sites (N-methyl/N-ethyl adjacent to an activating group) is 1. The van der Waals surface area contributed by atoms with Crippen LogP contribution >= 0.6 is 0 Å². The van der Waals surface area contributed by atoms with Crippen LogP contribution in [0.3, 0.4) is 0 Å². The maximum Gasteiger partial charge on any atom is 0.293 e. The maximum absolute atomic E-state index is 11.6. The standard InChI is InChI=1S/C21H25N5O3/c1-3-5-12-29-14-6-7-16-15(13-14)20-19-17(25(24-20)11-10-22-4-2)8-9-18(26(27)28)21(19)23-16/h6-9,13,22-23H,3-5,10-12H2,1-2H3. The van der Waals surface area contributed by atoms with E-state index in [2.05, 4.69) is 24.5 Å². The van der Waals surface area contributed by atoms with E-state index in [9.17, 15) is 10.1 Å². The van der Waals surface area contributed by atoms with Gasteiger partial charge in [-0.2, -0.15) is 5.10 Å². The first-order valence-corrected chi connectivity index (χ1v) is 10.1. The van der Waals surface area contributed by atoms with Crippen molar-refractivity contribution in [3.05, 3.63) is 40.4 Å². The van der Waals surface area contributed by atoms with Crippen LogP contribution in [0, 0.1) is 10.1 Å². The van der Waals surface area contributed by atoms with Crippen molar-refractivity contribution in [1.82, 2.24) is 15.1 Å². The minimum absolute atomic E-state index is 0.0545. The molecule has 0 aliphatic carbocycles. The van der Waals surface area contributed by atoms with E-state index >= 15 is 0 Å². The number of rotatable bonds is 9. The van der Waals surface area contributed by atoms with Crippen molar-refractivity contribution in [3.8, 4) is 17.0 Å². The van der Waals surface area contributed by atoms with Crippen LogP contribution in [-0.2, 0) is 6.54 Å². The average Bonchev–Trinajstić information content (AvgIpc) is 3.09. The Morgan fingerprint density at radius 3 is 2.90 bits per heavy atom. The van der Waals surface area contributed by atoms with Crippen LogP contribution < -0.4 is 15.4 Å². The van der Waals surface area contributed by atoms with Gasteiger partial charge in [0, 0.05) is 23.9 Å². The van der Waals surface area contributed by atoms with E-state index in [0.29, 0.717) is 18.8 Å². The minimum Gasteiger partial charge on any atom is -0.494 e. The van der Waals surface area contributed by atoms with Crippen molar-refractivity contribution in [2.75, 3.05) is 25.0 Å². The van der Waals surface area contributed by atoms with Gasteiger partial charge in [-0.05, 0) is 37.2 Å². The summed E-state index contributed by atoms with van der Waals surface area (Å²) < 4.78 is 7.78. The number of hydrogen-bond donors (Lipinski definition) is 2. The number of aromatic nitrogens is 2. The van der Waals surface area contributed by atoms with E-state index in [1.165, 1.54) is 0 Å². The van der Waals surface area contributed by atoms with Gasteiger partial charge in [-0.1, -0.05) is 20.3 Å². The lowest BCUT2D eigenvalue weighted by molar-refractivity contribution is -0.383. The summed E-state index contributed by atoms with van der Waals surface area (Å²) in [5.74, 6) is 0.781. The number of anilines is 2. The lowest BCUT2D eigenvalue weighted by Crippen LogP contribution is -2.19. The fraction of sp³-hybridized carbons (Fsp3) is 0.381. The van der Waals surface area contributed by atoms with Crippen molar-refractivity contribution in [3.63, 3.8) is 0 Å². The van der Waals surface area contributed by atoms with Crippen LogP contribution in [0.2, 0.25) is 0 Å². The highest BCUT2D eigenvalue weighted by molar-refractivity contribution is 6.12. The number of ether oxygens (including phenoxy) is 1. The van der Waals surface area contributed by atoms with E-state index in [1.807, 2.05) is 22.9 Å². The summed E-state index contributed by atoms with van der Waals surface area (Å²) in [6.45, 7) is 7.19. The number of fused-ring (bicyclic) bond motifs is 2. The van der Waals surface area contributed by atoms with Crippen molar-refractivity contribution in [2.45, 2.75) is 33.2 Å². The van der Waals surface area contributed by atoms with Gasteiger partial charge < -0.3 is 15.4 Å². The van der Waals surface area contributed by atoms with E-state index < -0.39 is 0 Å². The molecule has 0 saturated heterocycles. The van der Waals surface area contributed by atoms with Gasteiger partial charge in [0.15, 0.2) is 0 Å². The molecule has 0 bridgehead atoms. The van der Waals surface area contributed by atoms with Crippen molar-refractivity contribution in [2.24, 2.45) is 0 Å². The summed E-state index contributed by atoms with van der Waals surface area (Å²) in [4.78, 5) is 11.2. The first-order valence-electron chi connectivity index (χ1n) is 10.1. The van der Waals surface area contributed by atoms with E-state index in [1.54, 1.807) is 12.1 Å². The van der Waals surface area contributed by atoms with E-state index in [4.69, 9.17) is 9.84 Å². The molecule has 0 spiro atoms. The van der Waals surface area contributed by atoms with Crippen LogP contribution in [0.4, 0.5) is 17.1 Å². The number of nitro benzene ring substituents is 1. The van der Waals surface area contributed by atoms with Crippen LogP contribution in [0.5, 0.6) is 5.75 Å². The fourth-order valence-corrected chi connectivity index (χ4v) is 3.65. The quantitative estimate of drug-likeness (QED) is 0.247. The van der Waals surface area contributed by atoms with Crippen molar-refractivity contribution >= 4 is 28.0 Å². The topological polar surface area (TPSA) is 94.2 Å². The Kier molecular flexibility index (Phi) is 5.35. The number of nitro groups is 1. The van der Waals surface area contributed by atoms with Gasteiger partial charge in [0.25, 0.3) is 5.69 Å². The average molecular weight is 395 g/mol. The summed E-state index contributed by atoms with van der Waals surface area (Å²) in [7, 11) is 0. The highest BCUT2D eigenvalue weighted by atomic mass is 16.6. The van der Waals surface area contributed by atoms with Gasteiger partial charge in [-0.15, -0.1) is 0 Å². The molecule has 2 N–H and O–H groups in total. The maximum atomic E-state index is 11.6. The predicted molar refractivity (Wildman–Crippen MR) is 114 cm³/mol. The highest BCUT2D eigenvalue weighted by Crippen LogP contribution is 2.47. The van der Waals surface area contributed by atoms with Crippen LogP contribution in [-0.4, -0.2) is 34.4 Å². The molecule has 152 valence electrons. The first kappa shape index (κ1) is 19.2. The molecule has 1 aliphatic heterocycles. The van der Waals surface area contributed by atoms with Gasteiger partial charge in [0.1, 0.15) is 17.1 Å². The first-order chi connectivity index (χ1) is 14.1. The van der Waals surface area contributed by atoms with Gasteiger partial charge >= 0.3 is 0 Å². The molecule has 1 aromatic heterocycles. The lowest BCUT2D eigenvalue weighted by Gasteiger charge is -2.19. The minimum atomic E-state index is -0.352. The Hall–Kier alpha value is -3.13. The number of nitrogens with one attached hydrogen (secondary N) is 2. The molecule has 0 amide bonds. The van der Waals surface area contributed by atoms with E-state index in [-0.39, 0.29) is 10.6 Å². The summed E-state index contributed by atoms with van der Waals surface area (Å²) in [6.07, 6.45) is 2.06. The lowest BCUT2D eigenvalue weighted by atomic mass is 9.99. The molecule has 0 fully saturated rings. The third-order valence-corrected chi connectivity index (χ3v) is 5.12. The fourth-order valence-electron chi connectivity index (χ4n) is 3.65. The number of nitrogens with zero attached hydrogens (tertiary/aromatic N) is 3. The van der Waals surface area contributed by atoms with Crippen LogP contribution in [0.25, 0.3) is 22.2 Å². The third kappa shape index (κ3) is 3.51. The predicted octanol–water partition coefficient (Wildman–Crippen LogP) is 4.46. The molecule has 29 heavy (non-hydrogen) atoms. The Morgan fingerprint density at radius 2 is 2.14 bits per heavy atom.